The van der Waals surface area contributed by atoms with E-state index in [2.05, 4.69) is 0 Å². The van der Waals surface area contributed by atoms with Crippen LogP contribution < -0.4 is 0 Å². The Morgan fingerprint density at radius 3 is 2.29 bits per heavy atom. The lowest BCUT2D eigenvalue weighted by Gasteiger charge is -2.44. The highest BCUT2D eigenvalue weighted by Gasteiger charge is 2.46. The van der Waals surface area contributed by atoms with Gasteiger partial charge in [0.2, 0.25) is 10.0 Å². The molecule has 3 nitrogen and oxygen atoms in total. The molecule has 4 saturated heterocycles. The molecule has 0 N–H and O–H groups in total. The average molecular weight is 215 g/mol. The number of rotatable bonds is 0. The molecule has 4 aliphatic rings. The summed E-state index contributed by atoms with van der Waals surface area (Å²) < 4.78 is 25.9. The van der Waals surface area contributed by atoms with E-state index in [1.807, 2.05) is 4.31 Å². The lowest BCUT2D eigenvalue weighted by Crippen LogP contribution is -2.52. The molecule has 4 fully saturated rings. The Morgan fingerprint density at radius 2 is 1.64 bits per heavy atom. The molecule has 4 bridgehead atoms. The van der Waals surface area contributed by atoms with Crippen molar-refractivity contribution in [1.82, 2.24) is 4.31 Å². The van der Waals surface area contributed by atoms with Gasteiger partial charge in [0.1, 0.15) is 0 Å². The van der Waals surface area contributed by atoms with Gasteiger partial charge in [-0.1, -0.05) is 6.42 Å². The molecule has 4 atom stereocenters. The number of fused-ring (bicyclic) bond motifs is 2. The molecular weight excluding hydrogens is 198 g/mol. The van der Waals surface area contributed by atoms with Gasteiger partial charge in [0.25, 0.3) is 0 Å². The quantitative estimate of drug-likeness (QED) is 0.611. The second-order valence-corrected chi connectivity index (χ2v) is 7.00. The van der Waals surface area contributed by atoms with Gasteiger partial charge < -0.3 is 0 Å². The Morgan fingerprint density at radius 1 is 1.00 bits per heavy atom. The number of hydrogen-bond donors (Lipinski definition) is 0. The Kier molecular flexibility index (Phi) is 1.93. The van der Waals surface area contributed by atoms with Crippen LogP contribution in [0.3, 0.4) is 0 Å². The topological polar surface area (TPSA) is 37.4 Å². The van der Waals surface area contributed by atoms with Gasteiger partial charge in [-0.3, -0.25) is 0 Å². The molecule has 80 valence electrons. The van der Waals surface area contributed by atoms with E-state index >= 15 is 0 Å². The van der Waals surface area contributed by atoms with Crippen LogP contribution in [0.25, 0.3) is 0 Å². The Hall–Kier alpha value is -0.0900. The molecule has 4 heterocycles. The molecule has 0 aromatic heterocycles. The van der Waals surface area contributed by atoms with Crippen LogP contribution in [0.5, 0.6) is 0 Å². The summed E-state index contributed by atoms with van der Waals surface area (Å²) >= 11 is 0. The average Bonchev–Trinajstić information content (AvgIpc) is 2.32. The summed E-state index contributed by atoms with van der Waals surface area (Å²) in [4.78, 5) is 0. The Bertz CT molecular complexity index is 324. The second kappa shape index (κ2) is 2.95. The van der Waals surface area contributed by atoms with Gasteiger partial charge in [-0.25, -0.2) is 8.42 Å². The zero-order valence-corrected chi connectivity index (χ0v) is 9.17. The normalized spacial score (nSPS) is 50.0. The van der Waals surface area contributed by atoms with Gasteiger partial charge >= 0.3 is 0 Å². The van der Waals surface area contributed by atoms with E-state index in [1.165, 1.54) is 6.42 Å². The predicted molar refractivity (Wildman–Crippen MR) is 54.4 cm³/mol. The maximum Gasteiger partial charge on any atom is 0.214 e. The zero-order chi connectivity index (χ0) is 9.76. The molecule has 0 amide bonds. The van der Waals surface area contributed by atoms with Gasteiger partial charge in [-0.15, -0.1) is 0 Å². The third-order valence-electron chi connectivity index (χ3n) is 4.11. The molecule has 0 aliphatic carbocycles. The van der Waals surface area contributed by atoms with Gasteiger partial charge in [0, 0.05) is 12.1 Å². The van der Waals surface area contributed by atoms with Crippen molar-refractivity contribution in [2.75, 3.05) is 5.75 Å². The van der Waals surface area contributed by atoms with Crippen molar-refractivity contribution in [1.29, 1.82) is 0 Å². The van der Waals surface area contributed by atoms with E-state index in [0.717, 1.165) is 32.1 Å². The fourth-order valence-corrected chi connectivity index (χ4v) is 5.70. The van der Waals surface area contributed by atoms with Crippen molar-refractivity contribution in [3.8, 4) is 0 Å². The molecule has 0 aromatic carbocycles. The van der Waals surface area contributed by atoms with Crippen LogP contribution >= 0.6 is 0 Å². The van der Waals surface area contributed by atoms with Crippen molar-refractivity contribution in [2.45, 2.75) is 50.6 Å². The molecule has 0 saturated carbocycles. The molecule has 2 unspecified atom stereocenters. The summed E-state index contributed by atoms with van der Waals surface area (Å²) in [5.74, 6) is 1.10. The highest BCUT2D eigenvalue weighted by molar-refractivity contribution is 7.89. The summed E-state index contributed by atoms with van der Waals surface area (Å²) in [6.07, 6.45) is 6.61. The van der Waals surface area contributed by atoms with Crippen LogP contribution in [-0.4, -0.2) is 30.6 Å². The maximum atomic E-state index is 12.0. The summed E-state index contributed by atoms with van der Waals surface area (Å²) in [6, 6.07) is 0.722. The van der Waals surface area contributed by atoms with Gasteiger partial charge in [0.05, 0.1) is 5.75 Å². The zero-order valence-electron chi connectivity index (χ0n) is 8.35. The Labute approximate surface area is 85.5 Å². The van der Waals surface area contributed by atoms with Gasteiger partial charge in [-0.05, 0) is 38.0 Å². The number of nitrogens with zero attached hydrogens (tertiary/aromatic N) is 1. The van der Waals surface area contributed by atoms with Crippen molar-refractivity contribution in [2.24, 2.45) is 5.92 Å². The molecule has 4 rings (SSSR count). The molecule has 0 spiro atoms. The van der Waals surface area contributed by atoms with E-state index in [1.54, 1.807) is 0 Å². The van der Waals surface area contributed by atoms with E-state index in [0.29, 0.717) is 23.8 Å². The summed E-state index contributed by atoms with van der Waals surface area (Å²) in [5, 5.41) is 0. The van der Waals surface area contributed by atoms with E-state index in [9.17, 15) is 8.42 Å². The molecule has 0 radical (unpaired) electrons. The minimum Gasteiger partial charge on any atom is -0.212 e. The van der Waals surface area contributed by atoms with Crippen LogP contribution in [0.2, 0.25) is 0 Å². The van der Waals surface area contributed by atoms with Crippen LogP contribution in [0.1, 0.15) is 38.5 Å². The van der Waals surface area contributed by atoms with Crippen molar-refractivity contribution >= 4 is 10.0 Å². The van der Waals surface area contributed by atoms with Gasteiger partial charge in [-0.2, -0.15) is 4.31 Å². The smallest absolute Gasteiger partial charge is 0.212 e. The minimum absolute atomic E-state index is 0.361. The first-order valence-electron chi connectivity index (χ1n) is 5.68. The van der Waals surface area contributed by atoms with Crippen LogP contribution in [-0.2, 0) is 10.0 Å². The van der Waals surface area contributed by atoms with Crippen LogP contribution in [0.15, 0.2) is 0 Å². The fraction of sp³-hybridized carbons (Fsp3) is 1.00. The molecular formula is C10H17NO2S. The first-order chi connectivity index (χ1) is 6.67. The summed E-state index contributed by atoms with van der Waals surface area (Å²) in [6.45, 7) is 0. The largest absolute Gasteiger partial charge is 0.214 e. The second-order valence-electron chi connectivity index (χ2n) is 5.01. The van der Waals surface area contributed by atoms with Crippen molar-refractivity contribution < 1.29 is 8.42 Å². The summed E-state index contributed by atoms with van der Waals surface area (Å²) in [5.41, 5.74) is 0. The number of hydrogen-bond acceptors (Lipinski definition) is 2. The minimum atomic E-state index is -2.89. The van der Waals surface area contributed by atoms with E-state index in [-0.39, 0.29) is 0 Å². The highest BCUT2D eigenvalue weighted by atomic mass is 32.2. The summed E-state index contributed by atoms with van der Waals surface area (Å²) in [7, 11) is -2.89. The van der Waals surface area contributed by atoms with Gasteiger partial charge in [0.15, 0.2) is 0 Å². The van der Waals surface area contributed by atoms with Crippen molar-refractivity contribution in [3.63, 3.8) is 0 Å². The molecule has 4 aliphatic heterocycles. The molecule has 0 aromatic rings. The third kappa shape index (κ3) is 1.23. The first kappa shape index (κ1) is 9.16. The maximum absolute atomic E-state index is 12.0. The number of piperidine rings is 2. The fourth-order valence-electron chi connectivity index (χ4n) is 3.56. The van der Waals surface area contributed by atoms with E-state index in [4.69, 9.17) is 0 Å². The lowest BCUT2D eigenvalue weighted by molar-refractivity contribution is 0.0953. The molecule has 14 heavy (non-hydrogen) atoms. The first-order valence-corrected chi connectivity index (χ1v) is 7.29. The van der Waals surface area contributed by atoms with E-state index < -0.39 is 10.0 Å². The lowest BCUT2D eigenvalue weighted by atomic mass is 9.79. The standard InChI is InChI=1S/C10H17NO2S/c12-14(13)5-4-8-6-9-2-1-3-10(7-8)11(9)14/h8-10H,1-7H2/t8?,9-,10+. The van der Waals surface area contributed by atoms with Crippen molar-refractivity contribution in [3.05, 3.63) is 0 Å². The SMILES string of the molecule is O=S1(=O)CCC2C[C@H]3CCC[C@@H](C2)N31. The number of sulfonamides is 1. The third-order valence-corrected chi connectivity index (χ3v) is 6.10. The monoisotopic (exact) mass is 215 g/mol. The van der Waals surface area contributed by atoms with Crippen LogP contribution in [0.4, 0.5) is 0 Å². The predicted octanol–water partition coefficient (Wildman–Crippen LogP) is 1.35. The Balaban J connectivity index is 2.05. The molecule has 4 heteroatoms. The highest BCUT2D eigenvalue weighted by Crippen LogP contribution is 2.43. The van der Waals surface area contributed by atoms with Crippen LogP contribution in [0, 0.1) is 5.92 Å².